The van der Waals surface area contributed by atoms with Gasteiger partial charge in [-0.3, -0.25) is 0 Å². The second-order valence-electron chi connectivity index (χ2n) is 1.05. The van der Waals surface area contributed by atoms with E-state index in [-0.39, 0.29) is 23.1 Å². The molecule has 0 unspecified atom stereocenters. The lowest BCUT2D eigenvalue weighted by Gasteiger charge is -1.86. The van der Waals surface area contributed by atoms with Crippen LogP contribution in [0.15, 0.2) is 0 Å². The third kappa shape index (κ3) is 46.5. The van der Waals surface area contributed by atoms with E-state index in [1.807, 2.05) is 20.8 Å². The van der Waals surface area contributed by atoms with E-state index in [1.54, 1.807) is 0 Å². The maximum absolute atomic E-state index is 4.83. The predicted octanol–water partition coefficient (Wildman–Crippen LogP) is 1.53. The molecule has 9 heavy (non-hydrogen) atoms. The van der Waals surface area contributed by atoms with Crippen molar-refractivity contribution in [3.8, 4) is 0 Å². The van der Waals surface area contributed by atoms with Gasteiger partial charge in [0.2, 0.25) is 0 Å². The van der Waals surface area contributed by atoms with Gasteiger partial charge in [-0.05, 0) is 13.8 Å². The van der Waals surface area contributed by atoms with Gasteiger partial charge in [0.1, 0.15) is 0 Å². The quantitative estimate of drug-likeness (QED) is 0.495. The van der Waals surface area contributed by atoms with Crippen molar-refractivity contribution in [3.63, 3.8) is 0 Å². The van der Waals surface area contributed by atoms with Gasteiger partial charge in [-0.2, -0.15) is 0 Å². The molecule has 0 saturated heterocycles. The molecule has 0 aliphatic carbocycles. The largest absolute Gasteiger partial charge is 0.382 e. The molecule has 0 spiro atoms. The Morgan fingerprint density at radius 2 is 1.33 bits per heavy atom. The molecular formula is C6H17BrMgO. The minimum Gasteiger partial charge on any atom is -0.382 e. The van der Waals surface area contributed by atoms with Crippen LogP contribution >= 0.6 is 15.9 Å². The summed E-state index contributed by atoms with van der Waals surface area (Å²) in [5, 5.41) is 1.06. The fourth-order valence-corrected chi connectivity index (χ4v) is 0.204. The van der Waals surface area contributed by atoms with Crippen molar-refractivity contribution in [1.29, 1.82) is 0 Å². The maximum Gasteiger partial charge on any atom is 0.316 e. The Hall–Kier alpha value is 1.21. The first-order valence-corrected chi connectivity index (χ1v) is 4.09. The molecule has 0 aromatic carbocycles. The summed E-state index contributed by atoms with van der Waals surface area (Å²) in [6.45, 7) is 7.71. The number of rotatable bonds is 2. The second-order valence-corrected chi connectivity index (χ2v) is 2.17. The summed E-state index contributed by atoms with van der Waals surface area (Å²) in [6.07, 6.45) is 0. The lowest BCUT2D eigenvalue weighted by Crippen LogP contribution is -1.84. The standard InChI is InChI=1S/C4H10O.C2H5Br.Mg.2H/c1-3-5-4-2;1-2-3;;;/h3-4H2,1-2H3;2H2,1H3;;;. The molecule has 0 aromatic rings. The molecule has 0 heterocycles. The van der Waals surface area contributed by atoms with E-state index in [0.717, 1.165) is 18.5 Å². The van der Waals surface area contributed by atoms with Crippen LogP contribution in [0.1, 0.15) is 20.8 Å². The average molecular weight is 209 g/mol. The van der Waals surface area contributed by atoms with Crippen LogP contribution in [-0.2, 0) is 4.74 Å². The van der Waals surface area contributed by atoms with Crippen LogP contribution in [0.3, 0.4) is 0 Å². The molecule has 3 heteroatoms. The molecule has 0 N–H and O–H groups in total. The van der Waals surface area contributed by atoms with E-state index >= 15 is 0 Å². The summed E-state index contributed by atoms with van der Waals surface area (Å²) in [7, 11) is 0. The summed E-state index contributed by atoms with van der Waals surface area (Å²) in [4.78, 5) is 0. The predicted molar refractivity (Wildman–Crippen MR) is 50.2 cm³/mol. The van der Waals surface area contributed by atoms with E-state index in [2.05, 4.69) is 15.9 Å². The Balaban J connectivity index is -0.0000000800. The van der Waals surface area contributed by atoms with Crippen LogP contribution in [0.5, 0.6) is 0 Å². The number of halogens is 1. The van der Waals surface area contributed by atoms with Gasteiger partial charge in [0, 0.05) is 18.5 Å². The highest BCUT2D eigenvalue weighted by Crippen LogP contribution is 1.67. The molecule has 0 atom stereocenters. The first-order chi connectivity index (χ1) is 3.83. The van der Waals surface area contributed by atoms with Crippen LogP contribution in [0.2, 0.25) is 0 Å². The topological polar surface area (TPSA) is 9.23 Å². The molecule has 0 aliphatic rings. The lowest BCUT2D eigenvalue weighted by molar-refractivity contribution is 0.162. The second kappa shape index (κ2) is 22.9. The van der Waals surface area contributed by atoms with Crippen molar-refractivity contribution in [3.05, 3.63) is 0 Å². The van der Waals surface area contributed by atoms with Crippen molar-refractivity contribution in [1.82, 2.24) is 0 Å². The lowest BCUT2D eigenvalue weighted by atomic mass is 10.8. The van der Waals surface area contributed by atoms with Crippen LogP contribution in [0.25, 0.3) is 0 Å². The molecule has 0 aliphatic heterocycles. The summed E-state index contributed by atoms with van der Waals surface area (Å²) in [5.74, 6) is 0. The van der Waals surface area contributed by atoms with Crippen molar-refractivity contribution >= 4 is 39.0 Å². The van der Waals surface area contributed by atoms with E-state index in [1.165, 1.54) is 0 Å². The van der Waals surface area contributed by atoms with Crippen LogP contribution in [0, 0.1) is 0 Å². The Morgan fingerprint density at radius 3 is 1.33 bits per heavy atom. The van der Waals surface area contributed by atoms with E-state index in [0.29, 0.717) is 0 Å². The third-order valence-electron chi connectivity index (χ3n) is 0.408. The van der Waals surface area contributed by atoms with Gasteiger partial charge in [0.05, 0.1) is 0 Å². The van der Waals surface area contributed by atoms with Gasteiger partial charge in [-0.1, -0.05) is 22.9 Å². The smallest absolute Gasteiger partial charge is 0.316 e. The average Bonchev–Trinajstić information content (AvgIpc) is 1.71. The molecule has 56 valence electrons. The van der Waals surface area contributed by atoms with Crippen molar-refractivity contribution in [2.75, 3.05) is 18.5 Å². The minimum absolute atomic E-state index is 0. The molecule has 0 saturated carbocycles. The Kier molecular flexibility index (Phi) is 42.3. The highest BCUT2D eigenvalue weighted by Gasteiger charge is 1.64. The molecule has 0 rings (SSSR count). The van der Waals surface area contributed by atoms with Crippen LogP contribution in [-0.4, -0.2) is 41.6 Å². The SMILES string of the molecule is CCBr.CCOCC.[MgH2]. The van der Waals surface area contributed by atoms with Crippen molar-refractivity contribution < 1.29 is 4.74 Å². The molecule has 0 radical (unpaired) electrons. The van der Waals surface area contributed by atoms with Gasteiger partial charge < -0.3 is 4.74 Å². The molecular weight excluding hydrogens is 192 g/mol. The molecule has 0 amide bonds. The number of hydrogen-bond acceptors (Lipinski definition) is 1. The fourth-order valence-electron chi connectivity index (χ4n) is 0.204. The van der Waals surface area contributed by atoms with E-state index < -0.39 is 0 Å². The van der Waals surface area contributed by atoms with Crippen LogP contribution < -0.4 is 0 Å². The fraction of sp³-hybridized carbons (Fsp3) is 1.00. The number of ether oxygens (including phenoxy) is 1. The highest BCUT2D eigenvalue weighted by atomic mass is 79.9. The third-order valence-corrected chi connectivity index (χ3v) is 0.408. The zero-order valence-corrected chi connectivity index (χ0v) is 7.49. The monoisotopic (exact) mass is 208 g/mol. The van der Waals surface area contributed by atoms with E-state index in [9.17, 15) is 0 Å². The summed E-state index contributed by atoms with van der Waals surface area (Å²) < 4.78 is 4.83. The van der Waals surface area contributed by atoms with Crippen molar-refractivity contribution in [2.24, 2.45) is 0 Å². The summed E-state index contributed by atoms with van der Waals surface area (Å²) in [6, 6.07) is 0. The van der Waals surface area contributed by atoms with Crippen LogP contribution in [0.4, 0.5) is 0 Å². The number of hydrogen-bond donors (Lipinski definition) is 0. The summed E-state index contributed by atoms with van der Waals surface area (Å²) >= 11 is 3.15. The van der Waals surface area contributed by atoms with Gasteiger partial charge in [-0.15, -0.1) is 0 Å². The molecule has 0 aromatic heterocycles. The molecule has 1 nitrogen and oxygen atoms in total. The van der Waals surface area contributed by atoms with Gasteiger partial charge in [0.15, 0.2) is 0 Å². The zero-order chi connectivity index (χ0) is 6.83. The Labute approximate surface area is 82.8 Å². The first-order valence-electron chi connectivity index (χ1n) is 2.97. The maximum atomic E-state index is 4.83. The van der Waals surface area contributed by atoms with E-state index in [4.69, 9.17) is 4.74 Å². The normalized spacial score (nSPS) is 6.67. The molecule has 0 bridgehead atoms. The van der Waals surface area contributed by atoms with Crippen molar-refractivity contribution in [2.45, 2.75) is 20.8 Å². The summed E-state index contributed by atoms with van der Waals surface area (Å²) in [5.41, 5.74) is 0. The first kappa shape index (κ1) is 16.7. The van der Waals surface area contributed by atoms with Gasteiger partial charge in [-0.25, -0.2) is 0 Å². The molecule has 0 fully saturated rings. The number of alkyl halides is 1. The zero-order valence-electron chi connectivity index (χ0n) is 5.91. The van der Waals surface area contributed by atoms with Gasteiger partial charge in [0.25, 0.3) is 0 Å². The Morgan fingerprint density at radius 1 is 1.11 bits per heavy atom. The highest BCUT2D eigenvalue weighted by molar-refractivity contribution is 9.09. The minimum atomic E-state index is 0. The van der Waals surface area contributed by atoms with Gasteiger partial charge >= 0.3 is 23.1 Å². The Bertz CT molecular complexity index is 27.0.